The summed E-state index contributed by atoms with van der Waals surface area (Å²) in [4.78, 5) is 17.5. The predicted molar refractivity (Wildman–Crippen MR) is 117 cm³/mol. The molecule has 0 amide bonds. The third-order valence-electron chi connectivity index (χ3n) is 4.19. The summed E-state index contributed by atoms with van der Waals surface area (Å²) in [6.07, 6.45) is 1.74. The second-order valence-corrected chi connectivity index (χ2v) is 7.73. The fourth-order valence-corrected chi connectivity index (χ4v) is 4.12. The summed E-state index contributed by atoms with van der Waals surface area (Å²) in [6.45, 7) is 2.04. The van der Waals surface area contributed by atoms with Crippen LogP contribution in [0, 0.1) is 6.92 Å². The van der Waals surface area contributed by atoms with Crippen LogP contribution < -0.4 is 4.74 Å². The molecule has 0 fully saturated rings. The van der Waals surface area contributed by atoms with Gasteiger partial charge in [-0.15, -0.1) is 11.3 Å². The largest absolute Gasteiger partial charge is 0.422 e. The minimum atomic E-state index is -0.459. The average Bonchev–Trinajstić information content (AvgIpc) is 3.05. The van der Waals surface area contributed by atoms with Gasteiger partial charge in [0, 0.05) is 16.3 Å². The highest BCUT2D eigenvalue weighted by atomic mass is 35.5. The molecule has 0 spiro atoms. The number of carbonyl (C=O) groups is 1. The number of aryl methyl sites for hydroxylation is 1. The Bertz CT molecular complexity index is 1180. The first-order chi connectivity index (χ1) is 13.6. The van der Waals surface area contributed by atoms with Gasteiger partial charge in [0.15, 0.2) is 0 Å². The van der Waals surface area contributed by atoms with Crippen LogP contribution in [0.25, 0.3) is 10.1 Å². The van der Waals surface area contributed by atoms with Crippen molar-refractivity contribution in [3.05, 3.63) is 93.8 Å². The molecule has 4 aromatic rings. The molecule has 1 aromatic heterocycles. The second-order valence-electron chi connectivity index (χ2n) is 6.30. The van der Waals surface area contributed by atoms with Crippen molar-refractivity contribution in [3.63, 3.8) is 0 Å². The van der Waals surface area contributed by atoms with Gasteiger partial charge in [-0.05, 0) is 42.8 Å². The highest BCUT2D eigenvalue weighted by Gasteiger charge is 2.18. The molecular weight excluding hydrogens is 390 g/mol. The first kappa shape index (κ1) is 18.4. The zero-order valence-corrected chi connectivity index (χ0v) is 16.6. The van der Waals surface area contributed by atoms with Crippen molar-refractivity contribution in [2.45, 2.75) is 6.92 Å². The lowest BCUT2D eigenvalue weighted by Crippen LogP contribution is -2.07. The average molecular weight is 406 g/mol. The topological polar surface area (TPSA) is 38.7 Å². The van der Waals surface area contributed by atoms with Crippen molar-refractivity contribution < 1.29 is 9.53 Å². The highest BCUT2D eigenvalue weighted by molar-refractivity contribution is 7.21. The Balaban J connectivity index is 1.53. The van der Waals surface area contributed by atoms with E-state index in [0.717, 1.165) is 21.3 Å². The molecule has 3 nitrogen and oxygen atoms in total. The summed E-state index contributed by atoms with van der Waals surface area (Å²) in [6, 6.07) is 22.8. The Morgan fingerprint density at radius 2 is 1.82 bits per heavy atom. The molecule has 0 bridgehead atoms. The summed E-state index contributed by atoms with van der Waals surface area (Å²) in [5.41, 5.74) is 2.89. The standard InChI is InChI=1S/C23H16ClNO2S/c1-15-9-11-17(12-10-15)25-14-16-5-4-6-18(13-16)27-23(26)22-21(24)19-7-2-3-8-20(19)28-22/h2-14H,1H3. The molecule has 0 saturated carbocycles. The molecule has 28 heavy (non-hydrogen) atoms. The van der Waals surface area contributed by atoms with Crippen LogP contribution in [0.3, 0.4) is 0 Å². The Labute approximate surface area is 171 Å². The minimum absolute atomic E-state index is 0.404. The fraction of sp³-hybridized carbons (Fsp3) is 0.0435. The molecule has 5 heteroatoms. The number of rotatable bonds is 4. The zero-order valence-electron chi connectivity index (χ0n) is 15.1. The maximum atomic E-state index is 12.6. The van der Waals surface area contributed by atoms with Crippen molar-refractivity contribution in [1.29, 1.82) is 0 Å². The number of fused-ring (bicyclic) bond motifs is 1. The van der Waals surface area contributed by atoms with Gasteiger partial charge in [-0.3, -0.25) is 4.99 Å². The summed E-state index contributed by atoms with van der Waals surface area (Å²) in [5, 5.41) is 1.29. The van der Waals surface area contributed by atoms with Crippen LogP contribution in [0.2, 0.25) is 5.02 Å². The molecule has 0 N–H and O–H groups in total. The van der Waals surface area contributed by atoms with Gasteiger partial charge < -0.3 is 4.74 Å². The molecule has 0 radical (unpaired) electrons. The number of ether oxygens (including phenoxy) is 1. The Morgan fingerprint density at radius 1 is 1.04 bits per heavy atom. The number of hydrogen-bond donors (Lipinski definition) is 0. The lowest BCUT2D eigenvalue weighted by molar-refractivity contribution is 0.0740. The first-order valence-electron chi connectivity index (χ1n) is 8.70. The number of esters is 1. The minimum Gasteiger partial charge on any atom is -0.422 e. The van der Waals surface area contributed by atoms with E-state index in [9.17, 15) is 4.79 Å². The molecule has 1 heterocycles. The molecule has 138 valence electrons. The van der Waals surface area contributed by atoms with Crippen LogP contribution in [0.4, 0.5) is 5.69 Å². The Morgan fingerprint density at radius 3 is 2.61 bits per heavy atom. The SMILES string of the molecule is Cc1ccc(N=Cc2cccc(OC(=O)c3sc4ccccc4c3Cl)c2)cc1. The summed E-state index contributed by atoms with van der Waals surface area (Å²) < 4.78 is 6.50. The van der Waals surface area contributed by atoms with Crippen LogP contribution in [0.5, 0.6) is 5.75 Å². The van der Waals surface area contributed by atoms with Gasteiger partial charge in [-0.1, -0.05) is 59.6 Å². The van der Waals surface area contributed by atoms with Crippen molar-refractivity contribution in [3.8, 4) is 5.75 Å². The lowest BCUT2D eigenvalue weighted by Gasteiger charge is -2.04. The Kier molecular flexibility index (Phi) is 5.24. The van der Waals surface area contributed by atoms with E-state index in [1.54, 1.807) is 18.3 Å². The number of hydrogen-bond acceptors (Lipinski definition) is 4. The van der Waals surface area contributed by atoms with Crippen LogP contribution >= 0.6 is 22.9 Å². The van der Waals surface area contributed by atoms with Crippen molar-refractivity contribution in [2.24, 2.45) is 4.99 Å². The van der Waals surface area contributed by atoms with E-state index in [4.69, 9.17) is 16.3 Å². The molecule has 4 rings (SSSR count). The predicted octanol–water partition coefficient (Wildman–Crippen LogP) is 6.83. The van der Waals surface area contributed by atoms with Crippen molar-refractivity contribution in [2.75, 3.05) is 0 Å². The Hall–Kier alpha value is -2.95. The second kappa shape index (κ2) is 7.97. The molecule has 0 aliphatic heterocycles. The van der Waals surface area contributed by atoms with E-state index in [2.05, 4.69) is 4.99 Å². The summed E-state index contributed by atoms with van der Waals surface area (Å²) >= 11 is 7.70. The highest BCUT2D eigenvalue weighted by Crippen LogP contribution is 2.35. The molecule has 0 saturated heterocycles. The molecular formula is C23H16ClNO2S. The third kappa shape index (κ3) is 3.98. The van der Waals surface area contributed by atoms with E-state index < -0.39 is 5.97 Å². The molecule has 3 aromatic carbocycles. The van der Waals surface area contributed by atoms with Gasteiger partial charge in [0.2, 0.25) is 0 Å². The van der Waals surface area contributed by atoms with Gasteiger partial charge >= 0.3 is 5.97 Å². The maximum absolute atomic E-state index is 12.6. The molecule has 0 aliphatic carbocycles. The molecule has 0 atom stereocenters. The number of benzene rings is 3. The van der Waals surface area contributed by atoms with Crippen LogP contribution in [-0.4, -0.2) is 12.2 Å². The molecule has 0 aliphatic rings. The van der Waals surface area contributed by atoms with E-state index >= 15 is 0 Å². The lowest BCUT2D eigenvalue weighted by atomic mass is 10.2. The first-order valence-corrected chi connectivity index (χ1v) is 9.89. The summed E-state index contributed by atoms with van der Waals surface area (Å²) in [7, 11) is 0. The van der Waals surface area contributed by atoms with Gasteiger partial charge in [0.1, 0.15) is 10.6 Å². The number of aliphatic imine (C=N–C) groups is 1. The van der Waals surface area contributed by atoms with Gasteiger partial charge in [-0.25, -0.2) is 4.79 Å². The molecule has 0 unspecified atom stereocenters. The smallest absolute Gasteiger partial charge is 0.355 e. The zero-order chi connectivity index (χ0) is 19.5. The van der Waals surface area contributed by atoms with E-state index in [-0.39, 0.29) is 0 Å². The quantitative estimate of drug-likeness (QED) is 0.212. The van der Waals surface area contributed by atoms with E-state index in [1.807, 2.05) is 67.6 Å². The third-order valence-corrected chi connectivity index (χ3v) is 5.84. The van der Waals surface area contributed by atoms with E-state index in [1.165, 1.54) is 16.9 Å². The summed E-state index contributed by atoms with van der Waals surface area (Å²) in [5.74, 6) is -0.00907. The van der Waals surface area contributed by atoms with Gasteiger partial charge in [0.25, 0.3) is 0 Å². The number of thiophene rings is 1. The number of halogens is 1. The van der Waals surface area contributed by atoms with Crippen LogP contribution in [0.15, 0.2) is 77.8 Å². The van der Waals surface area contributed by atoms with E-state index in [0.29, 0.717) is 15.6 Å². The monoisotopic (exact) mass is 405 g/mol. The van der Waals surface area contributed by atoms with Gasteiger partial charge in [-0.2, -0.15) is 0 Å². The maximum Gasteiger partial charge on any atom is 0.355 e. The fourth-order valence-electron chi connectivity index (χ4n) is 2.74. The van der Waals surface area contributed by atoms with Crippen molar-refractivity contribution >= 4 is 50.9 Å². The normalized spacial score (nSPS) is 11.2. The van der Waals surface area contributed by atoms with Crippen LogP contribution in [-0.2, 0) is 0 Å². The van der Waals surface area contributed by atoms with Crippen LogP contribution in [0.1, 0.15) is 20.8 Å². The number of nitrogens with zero attached hydrogens (tertiary/aromatic N) is 1. The van der Waals surface area contributed by atoms with Crippen molar-refractivity contribution in [1.82, 2.24) is 0 Å². The number of carbonyl (C=O) groups excluding carboxylic acids is 1. The van der Waals surface area contributed by atoms with Gasteiger partial charge in [0.05, 0.1) is 10.7 Å².